The number of benzene rings is 3. The Morgan fingerprint density at radius 3 is 1.97 bits per heavy atom. The second-order valence-corrected chi connectivity index (χ2v) is 6.53. The van der Waals surface area contributed by atoms with Crippen molar-refractivity contribution in [3.63, 3.8) is 0 Å². The van der Waals surface area contributed by atoms with Gasteiger partial charge in [-0.05, 0) is 53.9 Å². The molecule has 3 aromatic carbocycles. The summed E-state index contributed by atoms with van der Waals surface area (Å²) in [5.74, 6) is 1.02. The number of carbonyl (C=O) groups excluding carboxylic acids is 1. The number of nitrogens with one attached hydrogen (secondary N) is 1. The molecular formula is C23H20F3NO3. The van der Waals surface area contributed by atoms with Crippen LogP contribution in [0.25, 0.3) is 0 Å². The molecule has 1 N–H and O–H groups in total. The third-order valence-electron chi connectivity index (χ3n) is 4.16. The average Bonchev–Trinajstić information content (AvgIpc) is 2.70. The highest BCUT2D eigenvalue weighted by Crippen LogP contribution is 2.23. The Bertz CT molecular complexity index is 940. The molecule has 30 heavy (non-hydrogen) atoms. The standard InChI is InChI=1S/C23H20F3NO3/c24-23(25,26)30-21-12-6-17(7-13-21)14-15-27-22(28)16-18-8-10-20(11-9-18)29-19-4-2-1-3-5-19/h1-13H,14-16H2,(H,27,28). The van der Waals surface area contributed by atoms with Crippen molar-refractivity contribution in [3.8, 4) is 17.2 Å². The lowest BCUT2D eigenvalue weighted by molar-refractivity contribution is -0.274. The molecule has 3 aromatic rings. The van der Waals surface area contributed by atoms with Crippen molar-refractivity contribution < 1.29 is 27.4 Å². The molecule has 0 aliphatic rings. The zero-order chi connectivity index (χ0) is 21.4. The van der Waals surface area contributed by atoms with Crippen LogP contribution >= 0.6 is 0 Å². The number of hydrogen-bond donors (Lipinski definition) is 1. The first kappa shape index (κ1) is 21.2. The van der Waals surface area contributed by atoms with E-state index in [1.807, 2.05) is 42.5 Å². The Morgan fingerprint density at radius 1 is 0.767 bits per heavy atom. The number of hydrogen-bond acceptors (Lipinski definition) is 3. The molecule has 0 atom stereocenters. The maximum atomic E-state index is 12.2. The Balaban J connectivity index is 1.41. The Kier molecular flexibility index (Phi) is 6.95. The van der Waals surface area contributed by atoms with Crippen LogP contribution in [0.5, 0.6) is 17.2 Å². The van der Waals surface area contributed by atoms with Gasteiger partial charge in [0.1, 0.15) is 17.2 Å². The van der Waals surface area contributed by atoms with Crippen molar-refractivity contribution in [1.82, 2.24) is 5.32 Å². The van der Waals surface area contributed by atoms with Gasteiger partial charge < -0.3 is 14.8 Å². The molecule has 0 heterocycles. The molecule has 156 valence electrons. The van der Waals surface area contributed by atoms with Crippen LogP contribution in [-0.4, -0.2) is 18.8 Å². The summed E-state index contributed by atoms with van der Waals surface area (Å²) in [5, 5.41) is 2.81. The van der Waals surface area contributed by atoms with E-state index < -0.39 is 6.36 Å². The van der Waals surface area contributed by atoms with Crippen LogP contribution in [0, 0.1) is 0 Å². The summed E-state index contributed by atoms with van der Waals surface area (Å²) in [6, 6.07) is 22.3. The molecule has 1 amide bonds. The van der Waals surface area contributed by atoms with E-state index in [1.165, 1.54) is 12.1 Å². The summed E-state index contributed by atoms with van der Waals surface area (Å²) in [5.41, 5.74) is 1.65. The molecule has 0 saturated carbocycles. The predicted octanol–water partition coefficient (Wildman–Crippen LogP) is 5.28. The van der Waals surface area contributed by atoms with Crippen LogP contribution in [0.3, 0.4) is 0 Å². The monoisotopic (exact) mass is 415 g/mol. The summed E-state index contributed by atoms with van der Waals surface area (Å²) in [6.07, 6.45) is -3.98. The fourth-order valence-electron chi connectivity index (χ4n) is 2.75. The average molecular weight is 415 g/mol. The Labute approximate surface area is 172 Å². The van der Waals surface area contributed by atoms with E-state index in [4.69, 9.17) is 4.74 Å². The van der Waals surface area contributed by atoms with Crippen LogP contribution in [0.2, 0.25) is 0 Å². The van der Waals surface area contributed by atoms with Gasteiger partial charge in [0.05, 0.1) is 6.42 Å². The second kappa shape index (κ2) is 9.82. The zero-order valence-electron chi connectivity index (χ0n) is 16.0. The minimum absolute atomic E-state index is 0.135. The summed E-state index contributed by atoms with van der Waals surface area (Å²) in [6.45, 7) is 0.382. The van der Waals surface area contributed by atoms with Gasteiger partial charge in [0.25, 0.3) is 0 Å². The number of rotatable bonds is 8. The van der Waals surface area contributed by atoms with Gasteiger partial charge in [-0.15, -0.1) is 13.2 Å². The molecule has 0 saturated heterocycles. The van der Waals surface area contributed by atoms with Crippen molar-refractivity contribution >= 4 is 5.91 Å². The highest BCUT2D eigenvalue weighted by atomic mass is 19.4. The largest absolute Gasteiger partial charge is 0.573 e. The number of halogens is 3. The lowest BCUT2D eigenvalue weighted by Crippen LogP contribution is -2.27. The first-order valence-corrected chi connectivity index (χ1v) is 9.31. The second-order valence-electron chi connectivity index (χ2n) is 6.53. The van der Waals surface area contributed by atoms with Crippen molar-refractivity contribution in [1.29, 1.82) is 0 Å². The third kappa shape index (κ3) is 7.16. The molecule has 4 nitrogen and oxygen atoms in total. The van der Waals surface area contributed by atoms with E-state index in [0.29, 0.717) is 18.7 Å². The Morgan fingerprint density at radius 2 is 1.33 bits per heavy atom. The number of para-hydroxylation sites is 1. The van der Waals surface area contributed by atoms with Gasteiger partial charge >= 0.3 is 6.36 Å². The SMILES string of the molecule is O=C(Cc1ccc(Oc2ccccc2)cc1)NCCc1ccc(OC(F)(F)F)cc1. The molecule has 0 aliphatic heterocycles. The fraction of sp³-hybridized carbons (Fsp3) is 0.174. The molecule has 0 unspecified atom stereocenters. The quantitative estimate of drug-likeness (QED) is 0.545. The molecule has 7 heteroatoms. The van der Waals surface area contributed by atoms with E-state index in [2.05, 4.69) is 10.1 Å². The summed E-state index contributed by atoms with van der Waals surface area (Å²) < 4.78 is 46.0. The predicted molar refractivity (Wildman–Crippen MR) is 107 cm³/mol. The van der Waals surface area contributed by atoms with Crippen LogP contribution in [0.1, 0.15) is 11.1 Å². The summed E-state index contributed by atoms with van der Waals surface area (Å²) >= 11 is 0. The third-order valence-corrected chi connectivity index (χ3v) is 4.16. The number of alkyl halides is 3. The number of amides is 1. The normalized spacial score (nSPS) is 11.0. The van der Waals surface area contributed by atoms with Crippen molar-refractivity contribution in [2.75, 3.05) is 6.54 Å². The van der Waals surface area contributed by atoms with Crippen LogP contribution in [-0.2, 0) is 17.6 Å². The lowest BCUT2D eigenvalue weighted by Gasteiger charge is -2.10. The van der Waals surface area contributed by atoms with Gasteiger partial charge in [0.15, 0.2) is 0 Å². The summed E-state index contributed by atoms with van der Waals surface area (Å²) in [7, 11) is 0. The van der Waals surface area contributed by atoms with E-state index in [-0.39, 0.29) is 18.1 Å². The fourth-order valence-corrected chi connectivity index (χ4v) is 2.75. The maximum Gasteiger partial charge on any atom is 0.573 e. The first-order chi connectivity index (χ1) is 14.4. The van der Waals surface area contributed by atoms with Gasteiger partial charge in [-0.2, -0.15) is 0 Å². The van der Waals surface area contributed by atoms with Gasteiger partial charge in [-0.25, -0.2) is 0 Å². The minimum Gasteiger partial charge on any atom is -0.457 e. The minimum atomic E-state index is -4.71. The highest BCUT2D eigenvalue weighted by molar-refractivity contribution is 5.78. The van der Waals surface area contributed by atoms with Crippen LogP contribution in [0.4, 0.5) is 13.2 Å². The molecule has 0 aliphatic carbocycles. The molecule has 3 rings (SSSR count). The van der Waals surface area contributed by atoms with Gasteiger partial charge in [-0.1, -0.05) is 42.5 Å². The van der Waals surface area contributed by atoms with Crippen LogP contribution < -0.4 is 14.8 Å². The highest BCUT2D eigenvalue weighted by Gasteiger charge is 2.30. The molecular weight excluding hydrogens is 395 g/mol. The Hall–Kier alpha value is -3.48. The molecule has 0 bridgehead atoms. The summed E-state index contributed by atoms with van der Waals surface area (Å²) in [4.78, 5) is 12.1. The number of ether oxygens (including phenoxy) is 2. The lowest BCUT2D eigenvalue weighted by atomic mass is 10.1. The molecule has 0 radical (unpaired) electrons. The van der Waals surface area contributed by atoms with Crippen molar-refractivity contribution in [2.24, 2.45) is 0 Å². The maximum absolute atomic E-state index is 12.2. The van der Waals surface area contributed by atoms with Gasteiger partial charge in [0.2, 0.25) is 5.91 Å². The van der Waals surface area contributed by atoms with Crippen LogP contribution in [0.15, 0.2) is 78.9 Å². The van der Waals surface area contributed by atoms with E-state index >= 15 is 0 Å². The topological polar surface area (TPSA) is 47.6 Å². The first-order valence-electron chi connectivity index (χ1n) is 9.31. The molecule has 0 fully saturated rings. The van der Waals surface area contributed by atoms with Crippen molar-refractivity contribution in [2.45, 2.75) is 19.2 Å². The van der Waals surface area contributed by atoms with Crippen molar-refractivity contribution in [3.05, 3.63) is 90.0 Å². The van der Waals surface area contributed by atoms with E-state index in [0.717, 1.165) is 16.9 Å². The van der Waals surface area contributed by atoms with Gasteiger partial charge in [-0.3, -0.25) is 4.79 Å². The molecule has 0 aromatic heterocycles. The van der Waals surface area contributed by atoms with E-state index in [9.17, 15) is 18.0 Å². The zero-order valence-corrected chi connectivity index (χ0v) is 16.0. The smallest absolute Gasteiger partial charge is 0.457 e. The van der Waals surface area contributed by atoms with E-state index in [1.54, 1.807) is 24.3 Å². The van der Waals surface area contributed by atoms with Gasteiger partial charge in [0, 0.05) is 6.54 Å². The number of carbonyl (C=O) groups is 1. The molecule has 0 spiro atoms.